The standard InChI is InChI=1S/C21H13ClF4N2O3/c22-15-10-12(3-6-16(15)23)4-8-19(29)28-17-7-5-13(11-14(17)21(24,25)26)27-20(30)18-2-1-9-31-18/h1-11H,(H,27,30)(H,28,29)/b8-4+. The average molecular weight is 453 g/mol. The number of carbonyl (C=O) groups is 2. The molecule has 0 unspecified atom stereocenters. The maximum Gasteiger partial charge on any atom is 0.418 e. The molecule has 1 heterocycles. The third kappa shape index (κ3) is 5.73. The summed E-state index contributed by atoms with van der Waals surface area (Å²) in [5.41, 5.74) is -1.41. The normalized spacial score (nSPS) is 11.5. The lowest BCUT2D eigenvalue weighted by Gasteiger charge is -2.15. The predicted molar refractivity (Wildman–Crippen MR) is 107 cm³/mol. The van der Waals surface area contributed by atoms with Gasteiger partial charge in [-0.15, -0.1) is 0 Å². The van der Waals surface area contributed by atoms with Gasteiger partial charge in [-0.2, -0.15) is 13.2 Å². The zero-order valence-electron chi connectivity index (χ0n) is 15.5. The second-order valence-corrected chi connectivity index (χ2v) is 6.59. The molecule has 0 aliphatic rings. The lowest BCUT2D eigenvalue weighted by atomic mass is 10.1. The molecule has 0 aliphatic heterocycles. The van der Waals surface area contributed by atoms with Crippen molar-refractivity contribution in [1.29, 1.82) is 0 Å². The minimum Gasteiger partial charge on any atom is -0.459 e. The van der Waals surface area contributed by atoms with E-state index in [0.29, 0.717) is 11.6 Å². The van der Waals surface area contributed by atoms with E-state index in [1.54, 1.807) is 0 Å². The van der Waals surface area contributed by atoms with Gasteiger partial charge in [-0.3, -0.25) is 9.59 Å². The van der Waals surface area contributed by atoms with Gasteiger partial charge in [0, 0.05) is 11.8 Å². The summed E-state index contributed by atoms with van der Waals surface area (Å²) in [6.45, 7) is 0. The van der Waals surface area contributed by atoms with Gasteiger partial charge in [-0.25, -0.2) is 4.39 Å². The topological polar surface area (TPSA) is 71.3 Å². The number of anilines is 2. The predicted octanol–water partition coefficient (Wildman–Crippen LogP) is 6.00. The molecule has 0 radical (unpaired) electrons. The Balaban J connectivity index is 1.78. The Labute approximate surface area is 178 Å². The van der Waals surface area contributed by atoms with Crippen molar-refractivity contribution in [3.8, 4) is 0 Å². The number of furan rings is 1. The number of hydrogen-bond acceptors (Lipinski definition) is 3. The van der Waals surface area contributed by atoms with Crippen LogP contribution in [0.2, 0.25) is 5.02 Å². The molecule has 2 amide bonds. The fourth-order valence-corrected chi connectivity index (χ4v) is 2.72. The van der Waals surface area contributed by atoms with Crippen molar-refractivity contribution in [3.05, 3.63) is 88.6 Å². The molecule has 0 bridgehead atoms. The van der Waals surface area contributed by atoms with Crippen LogP contribution in [0, 0.1) is 5.82 Å². The monoisotopic (exact) mass is 452 g/mol. The molecule has 2 aromatic carbocycles. The first-order valence-electron chi connectivity index (χ1n) is 8.64. The minimum atomic E-state index is -4.80. The van der Waals surface area contributed by atoms with E-state index in [4.69, 9.17) is 16.0 Å². The molecule has 31 heavy (non-hydrogen) atoms. The molecule has 2 N–H and O–H groups in total. The van der Waals surface area contributed by atoms with Crippen LogP contribution in [-0.2, 0) is 11.0 Å². The zero-order valence-corrected chi connectivity index (χ0v) is 16.2. The van der Waals surface area contributed by atoms with Crippen LogP contribution in [-0.4, -0.2) is 11.8 Å². The summed E-state index contributed by atoms with van der Waals surface area (Å²) in [7, 11) is 0. The number of nitrogens with one attached hydrogen (secondary N) is 2. The number of alkyl halides is 3. The maximum atomic E-state index is 13.5. The Bertz CT molecular complexity index is 1140. The van der Waals surface area contributed by atoms with Crippen LogP contribution in [0.5, 0.6) is 0 Å². The van der Waals surface area contributed by atoms with Crippen LogP contribution in [0.1, 0.15) is 21.7 Å². The lowest BCUT2D eigenvalue weighted by Crippen LogP contribution is -2.16. The molecule has 3 rings (SSSR count). The maximum absolute atomic E-state index is 13.5. The van der Waals surface area contributed by atoms with Crippen LogP contribution in [0.3, 0.4) is 0 Å². The van der Waals surface area contributed by atoms with E-state index < -0.39 is 35.1 Å². The Kier molecular flexibility index (Phi) is 6.45. The highest BCUT2D eigenvalue weighted by Gasteiger charge is 2.34. The molecule has 0 aliphatic carbocycles. The highest BCUT2D eigenvalue weighted by atomic mass is 35.5. The van der Waals surface area contributed by atoms with Crippen molar-refractivity contribution in [2.24, 2.45) is 0 Å². The van der Waals surface area contributed by atoms with E-state index in [9.17, 15) is 27.2 Å². The summed E-state index contributed by atoms with van der Waals surface area (Å²) >= 11 is 5.64. The van der Waals surface area contributed by atoms with Gasteiger partial charge < -0.3 is 15.1 Å². The van der Waals surface area contributed by atoms with Crippen molar-refractivity contribution in [1.82, 2.24) is 0 Å². The van der Waals surface area contributed by atoms with E-state index >= 15 is 0 Å². The third-order valence-corrected chi connectivity index (χ3v) is 4.25. The van der Waals surface area contributed by atoms with Crippen molar-refractivity contribution < 1.29 is 31.6 Å². The van der Waals surface area contributed by atoms with Gasteiger partial charge in [0.25, 0.3) is 5.91 Å². The van der Waals surface area contributed by atoms with Gasteiger partial charge in [0.1, 0.15) is 5.82 Å². The van der Waals surface area contributed by atoms with Crippen LogP contribution in [0.15, 0.2) is 65.3 Å². The fourth-order valence-electron chi connectivity index (χ4n) is 2.53. The quantitative estimate of drug-likeness (QED) is 0.368. The van der Waals surface area contributed by atoms with E-state index in [0.717, 1.165) is 18.2 Å². The minimum absolute atomic E-state index is 0.0722. The second kappa shape index (κ2) is 9.05. The SMILES string of the molecule is O=C(/C=C/c1ccc(F)c(Cl)c1)Nc1ccc(NC(=O)c2ccco2)cc1C(F)(F)F. The second-order valence-electron chi connectivity index (χ2n) is 6.19. The Morgan fingerprint density at radius 1 is 1.03 bits per heavy atom. The summed E-state index contributed by atoms with van der Waals surface area (Å²) in [6.07, 6.45) is -1.30. The molecule has 0 saturated heterocycles. The lowest BCUT2D eigenvalue weighted by molar-refractivity contribution is -0.136. The smallest absolute Gasteiger partial charge is 0.418 e. The molecular weight excluding hydrogens is 440 g/mol. The van der Waals surface area contributed by atoms with Crippen molar-refractivity contribution in [3.63, 3.8) is 0 Å². The molecule has 0 atom stereocenters. The van der Waals surface area contributed by atoms with Gasteiger partial charge in [-0.05, 0) is 54.1 Å². The van der Waals surface area contributed by atoms with Gasteiger partial charge in [-0.1, -0.05) is 17.7 Å². The summed E-state index contributed by atoms with van der Waals surface area (Å²) < 4.78 is 58.5. The van der Waals surface area contributed by atoms with Crippen molar-refractivity contribution in [2.45, 2.75) is 6.18 Å². The van der Waals surface area contributed by atoms with Gasteiger partial charge >= 0.3 is 6.18 Å². The van der Waals surface area contributed by atoms with Crippen LogP contribution in [0.25, 0.3) is 6.08 Å². The Morgan fingerprint density at radius 2 is 1.81 bits per heavy atom. The highest BCUT2D eigenvalue weighted by Crippen LogP contribution is 2.36. The van der Waals surface area contributed by atoms with Gasteiger partial charge in [0.15, 0.2) is 5.76 Å². The number of halogens is 5. The Hall–Kier alpha value is -3.59. The molecule has 0 saturated carbocycles. The van der Waals surface area contributed by atoms with E-state index in [1.165, 1.54) is 42.7 Å². The fraction of sp³-hybridized carbons (Fsp3) is 0.0476. The molecule has 0 fully saturated rings. The largest absolute Gasteiger partial charge is 0.459 e. The number of hydrogen-bond donors (Lipinski definition) is 2. The first kappa shape index (κ1) is 22.1. The molecule has 5 nitrogen and oxygen atoms in total. The van der Waals surface area contributed by atoms with Crippen LogP contribution >= 0.6 is 11.6 Å². The molecular formula is C21H13ClF4N2O3. The van der Waals surface area contributed by atoms with Gasteiger partial charge in [0.05, 0.1) is 22.5 Å². The number of rotatable bonds is 5. The molecule has 3 aromatic rings. The van der Waals surface area contributed by atoms with Crippen LogP contribution < -0.4 is 10.6 Å². The van der Waals surface area contributed by atoms with Gasteiger partial charge in [0.2, 0.25) is 5.91 Å². The number of amides is 2. The highest BCUT2D eigenvalue weighted by molar-refractivity contribution is 6.30. The summed E-state index contributed by atoms with van der Waals surface area (Å²) in [5.74, 6) is -2.29. The number of benzene rings is 2. The first-order chi connectivity index (χ1) is 14.6. The van der Waals surface area contributed by atoms with E-state index in [1.807, 2.05) is 0 Å². The molecule has 1 aromatic heterocycles. The summed E-state index contributed by atoms with van der Waals surface area (Å²) in [6, 6.07) is 9.44. The third-order valence-electron chi connectivity index (χ3n) is 3.96. The van der Waals surface area contributed by atoms with Crippen molar-refractivity contribution in [2.75, 3.05) is 10.6 Å². The zero-order chi connectivity index (χ0) is 22.6. The summed E-state index contributed by atoms with van der Waals surface area (Å²) in [5, 5.41) is 4.27. The van der Waals surface area contributed by atoms with Crippen molar-refractivity contribution >= 4 is 40.9 Å². The summed E-state index contributed by atoms with van der Waals surface area (Å²) in [4.78, 5) is 24.0. The Morgan fingerprint density at radius 3 is 2.45 bits per heavy atom. The number of carbonyl (C=O) groups excluding carboxylic acids is 2. The van der Waals surface area contributed by atoms with E-state index in [-0.39, 0.29) is 16.5 Å². The van der Waals surface area contributed by atoms with Crippen LogP contribution in [0.4, 0.5) is 28.9 Å². The molecule has 0 spiro atoms. The first-order valence-corrected chi connectivity index (χ1v) is 9.01. The molecule has 10 heteroatoms. The average Bonchev–Trinajstić information content (AvgIpc) is 3.24. The van der Waals surface area contributed by atoms with E-state index in [2.05, 4.69) is 10.6 Å². The molecule has 160 valence electrons.